The molecule has 0 aliphatic carbocycles. The molecule has 0 unspecified atom stereocenters. The minimum Gasteiger partial charge on any atom is -0.328 e. The van der Waals surface area contributed by atoms with Crippen LogP contribution in [0.4, 0.5) is 0 Å². The van der Waals surface area contributed by atoms with Gasteiger partial charge in [-0.15, -0.1) is 0 Å². The number of rotatable bonds is 4. The molecule has 5 nitrogen and oxygen atoms in total. The van der Waals surface area contributed by atoms with Gasteiger partial charge >= 0.3 is 0 Å². The van der Waals surface area contributed by atoms with E-state index in [-0.39, 0.29) is 11.0 Å². The number of fused-ring (bicyclic) bond motifs is 1. The van der Waals surface area contributed by atoms with E-state index in [0.29, 0.717) is 11.4 Å². The summed E-state index contributed by atoms with van der Waals surface area (Å²) in [5, 5.41) is 0. The van der Waals surface area contributed by atoms with Gasteiger partial charge < -0.3 is 9.55 Å². The van der Waals surface area contributed by atoms with Crippen LogP contribution < -0.4 is 5.56 Å². The fraction of sp³-hybridized carbons (Fsp3) is 0.171. The first-order chi connectivity index (χ1) is 19.2. The van der Waals surface area contributed by atoms with Crippen molar-refractivity contribution in [2.45, 2.75) is 33.1 Å². The topological polar surface area (TPSA) is 63.6 Å². The molecule has 3 heterocycles. The maximum Gasteiger partial charge on any atom is 0.258 e. The van der Waals surface area contributed by atoms with Crippen molar-refractivity contribution in [3.05, 3.63) is 119 Å². The van der Waals surface area contributed by atoms with E-state index in [2.05, 4.69) is 99.4 Å². The van der Waals surface area contributed by atoms with E-state index in [9.17, 15) is 4.79 Å². The Balaban J connectivity index is 1.46. The highest BCUT2D eigenvalue weighted by Gasteiger charge is 2.20. The molecule has 0 amide bonds. The van der Waals surface area contributed by atoms with E-state index in [0.717, 1.165) is 44.5 Å². The normalized spacial score (nSPS) is 11.7. The van der Waals surface area contributed by atoms with Crippen LogP contribution in [0.25, 0.3) is 55.9 Å². The van der Waals surface area contributed by atoms with E-state index in [1.54, 1.807) is 6.20 Å². The van der Waals surface area contributed by atoms with Crippen LogP contribution in [-0.2, 0) is 12.5 Å². The van der Waals surface area contributed by atoms with E-state index in [1.165, 1.54) is 11.1 Å². The minimum atomic E-state index is -0.144. The van der Waals surface area contributed by atoms with Crippen molar-refractivity contribution in [1.82, 2.24) is 19.5 Å². The van der Waals surface area contributed by atoms with Gasteiger partial charge in [0.25, 0.3) is 5.56 Å². The zero-order chi connectivity index (χ0) is 28.0. The number of nitrogens with zero attached hydrogens (tertiary/aromatic N) is 3. The molecule has 3 aromatic heterocycles. The summed E-state index contributed by atoms with van der Waals surface area (Å²) in [5.74, 6) is 0.652. The average Bonchev–Trinajstić information content (AvgIpc) is 3.29. The molecule has 0 aliphatic heterocycles. The number of aromatic nitrogens is 4. The largest absolute Gasteiger partial charge is 0.328 e. The van der Waals surface area contributed by atoms with Crippen LogP contribution in [0, 0.1) is 6.92 Å². The molecule has 0 radical (unpaired) electrons. The Morgan fingerprint density at radius 2 is 1.50 bits per heavy atom. The third kappa shape index (κ3) is 4.54. The maximum absolute atomic E-state index is 12.9. The van der Waals surface area contributed by atoms with Crippen molar-refractivity contribution in [3.8, 4) is 44.9 Å². The van der Waals surface area contributed by atoms with E-state index < -0.39 is 0 Å². The van der Waals surface area contributed by atoms with Crippen LogP contribution in [0.15, 0.2) is 102 Å². The second-order valence-electron chi connectivity index (χ2n) is 11.4. The van der Waals surface area contributed by atoms with Gasteiger partial charge in [-0.05, 0) is 64.4 Å². The molecule has 198 valence electrons. The number of hydrogen-bond donors (Lipinski definition) is 1. The van der Waals surface area contributed by atoms with Gasteiger partial charge in [0.1, 0.15) is 5.82 Å². The minimum absolute atomic E-state index is 0.0977. The number of pyridine rings is 2. The second kappa shape index (κ2) is 9.76. The summed E-state index contributed by atoms with van der Waals surface area (Å²) in [6.45, 7) is 8.50. The molecule has 0 aliphatic rings. The third-order valence-electron chi connectivity index (χ3n) is 7.58. The Kier molecular flexibility index (Phi) is 6.22. The standard InChI is InChI=1S/C35H32N4O/c1-22-20-36-30(19-28(22)23-11-7-6-8-12-23)25-14-9-13-24(17-25)27-15-10-16-31-32(27)38-33(39(31)5)29-18-26(35(2,3)4)21-37-34(29)40/h6-21H,1-5H3,(H,37,40). The fourth-order valence-corrected chi connectivity index (χ4v) is 5.23. The van der Waals surface area contributed by atoms with Crippen molar-refractivity contribution in [3.63, 3.8) is 0 Å². The highest BCUT2D eigenvalue weighted by molar-refractivity contribution is 5.95. The monoisotopic (exact) mass is 524 g/mol. The number of benzene rings is 3. The van der Waals surface area contributed by atoms with Gasteiger partial charge in [0.15, 0.2) is 0 Å². The number of nitrogens with one attached hydrogen (secondary N) is 1. The van der Waals surface area contributed by atoms with Gasteiger partial charge in [0.2, 0.25) is 0 Å². The number of aromatic amines is 1. The summed E-state index contributed by atoms with van der Waals surface area (Å²) in [5.41, 5.74) is 10.7. The van der Waals surface area contributed by atoms with Crippen molar-refractivity contribution in [1.29, 1.82) is 0 Å². The Hall–Kier alpha value is -4.77. The summed E-state index contributed by atoms with van der Waals surface area (Å²) >= 11 is 0. The molecule has 1 N–H and O–H groups in total. The Labute approximate surface area is 234 Å². The molecule has 0 fully saturated rings. The maximum atomic E-state index is 12.9. The molecule has 0 saturated heterocycles. The summed E-state index contributed by atoms with van der Waals surface area (Å²) in [6, 6.07) is 29.2. The molecular weight excluding hydrogens is 492 g/mol. The Morgan fingerprint density at radius 1 is 0.775 bits per heavy atom. The van der Waals surface area contributed by atoms with Crippen LogP contribution in [0.2, 0.25) is 0 Å². The number of hydrogen-bond acceptors (Lipinski definition) is 3. The zero-order valence-corrected chi connectivity index (χ0v) is 23.5. The smallest absolute Gasteiger partial charge is 0.258 e. The van der Waals surface area contributed by atoms with Gasteiger partial charge in [-0.3, -0.25) is 9.78 Å². The third-order valence-corrected chi connectivity index (χ3v) is 7.58. The number of aryl methyl sites for hydroxylation is 2. The molecule has 0 atom stereocenters. The molecule has 5 heteroatoms. The highest BCUT2D eigenvalue weighted by atomic mass is 16.1. The van der Waals surface area contributed by atoms with Crippen molar-refractivity contribution >= 4 is 11.0 Å². The first-order valence-electron chi connectivity index (χ1n) is 13.5. The predicted molar refractivity (Wildman–Crippen MR) is 164 cm³/mol. The molecule has 0 bridgehead atoms. The molecule has 40 heavy (non-hydrogen) atoms. The fourth-order valence-electron chi connectivity index (χ4n) is 5.23. The molecule has 6 aromatic rings. The van der Waals surface area contributed by atoms with Crippen LogP contribution in [0.3, 0.4) is 0 Å². The Bertz CT molecular complexity index is 1920. The first-order valence-corrected chi connectivity index (χ1v) is 13.5. The van der Waals surface area contributed by atoms with Gasteiger partial charge in [0, 0.05) is 30.6 Å². The quantitative estimate of drug-likeness (QED) is 0.255. The lowest BCUT2D eigenvalue weighted by molar-refractivity contribution is 0.587. The first kappa shape index (κ1) is 25.5. The highest BCUT2D eigenvalue weighted by Crippen LogP contribution is 2.34. The Morgan fingerprint density at radius 3 is 2.27 bits per heavy atom. The lowest BCUT2D eigenvalue weighted by atomic mass is 9.87. The lowest BCUT2D eigenvalue weighted by Crippen LogP contribution is -2.17. The number of H-pyrrole nitrogens is 1. The number of imidazole rings is 1. The van der Waals surface area contributed by atoms with Gasteiger partial charge in [-0.25, -0.2) is 4.98 Å². The van der Waals surface area contributed by atoms with Crippen LogP contribution in [0.1, 0.15) is 31.9 Å². The molecule has 0 saturated carbocycles. The van der Waals surface area contributed by atoms with Gasteiger partial charge in [-0.2, -0.15) is 0 Å². The SMILES string of the molecule is Cc1cnc(-c2cccc(-c3cccc4c3nc(-c3cc(C(C)(C)C)c[nH]c3=O)n4C)c2)cc1-c1ccccc1. The van der Waals surface area contributed by atoms with Gasteiger partial charge in [0.05, 0.1) is 22.3 Å². The summed E-state index contributed by atoms with van der Waals surface area (Å²) in [7, 11) is 1.97. The van der Waals surface area contributed by atoms with Crippen molar-refractivity contribution < 1.29 is 0 Å². The number of para-hydroxylation sites is 1. The lowest BCUT2D eigenvalue weighted by Gasteiger charge is -2.19. The van der Waals surface area contributed by atoms with E-state index in [1.807, 2.05) is 36.0 Å². The molecule has 6 rings (SSSR count). The molecule has 0 spiro atoms. The van der Waals surface area contributed by atoms with Gasteiger partial charge in [-0.1, -0.05) is 81.4 Å². The average molecular weight is 525 g/mol. The van der Waals surface area contributed by atoms with Crippen LogP contribution in [0.5, 0.6) is 0 Å². The summed E-state index contributed by atoms with van der Waals surface area (Å²) in [6.07, 6.45) is 3.74. The van der Waals surface area contributed by atoms with E-state index >= 15 is 0 Å². The van der Waals surface area contributed by atoms with Crippen LogP contribution in [-0.4, -0.2) is 19.5 Å². The molecular formula is C35H32N4O. The van der Waals surface area contributed by atoms with Crippen LogP contribution >= 0.6 is 0 Å². The van der Waals surface area contributed by atoms with Crippen molar-refractivity contribution in [2.75, 3.05) is 0 Å². The predicted octanol–water partition coefficient (Wildman–Crippen LogP) is 7.93. The summed E-state index contributed by atoms with van der Waals surface area (Å²) < 4.78 is 2.01. The molecule has 3 aromatic carbocycles. The zero-order valence-electron chi connectivity index (χ0n) is 23.5. The summed E-state index contributed by atoms with van der Waals surface area (Å²) in [4.78, 5) is 25.7. The van der Waals surface area contributed by atoms with E-state index in [4.69, 9.17) is 9.97 Å². The van der Waals surface area contributed by atoms with Crippen molar-refractivity contribution in [2.24, 2.45) is 7.05 Å². The second-order valence-corrected chi connectivity index (χ2v) is 11.4.